The van der Waals surface area contributed by atoms with Gasteiger partial charge in [-0.3, -0.25) is 0 Å². The number of urea groups is 1. The van der Waals surface area contributed by atoms with Gasteiger partial charge in [-0.2, -0.15) is 0 Å². The molecule has 0 bridgehead atoms. The molecule has 1 N–H and O–H groups in total. The number of rotatable bonds is 5. The molecule has 3 fully saturated rings. The number of hydrogen-bond donors (Lipinski definition) is 1. The zero-order valence-electron chi connectivity index (χ0n) is 15.7. The van der Waals surface area contributed by atoms with E-state index in [0.29, 0.717) is 25.7 Å². The van der Waals surface area contributed by atoms with Gasteiger partial charge in [0.2, 0.25) is 0 Å². The molecule has 5 heteroatoms. The van der Waals surface area contributed by atoms with Crippen LogP contribution < -0.4 is 5.32 Å². The third-order valence-corrected chi connectivity index (χ3v) is 6.14. The lowest BCUT2D eigenvalue weighted by molar-refractivity contribution is -0.0882. The van der Waals surface area contributed by atoms with Gasteiger partial charge in [-0.1, -0.05) is 30.3 Å². The molecule has 3 unspecified atom stereocenters. The van der Waals surface area contributed by atoms with Crippen LogP contribution >= 0.6 is 0 Å². The number of amides is 2. The molecule has 1 aliphatic carbocycles. The highest BCUT2D eigenvalue weighted by molar-refractivity contribution is 5.75. The fraction of sp³-hybridized carbons (Fsp3) is 0.667. The van der Waals surface area contributed by atoms with Crippen LogP contribution in [-0.2, 0) is 16.0 Å². The monoisotopic (exact) mass is 358 g/mol. The molecule has 3 atom stereocenters. The Kier molecular flexibility index (Phi) is 5.18. The van der Waals surface area contributed by atoms with Crippen molar-refractivity contribution in [2.24, 2.45) is 5.92 Å². The summed E-state index contributed by atoms with van der Waals surface area (Å²) < 4.78 is 11.5. The van der Waals surface area contributed by atoms with Crippen molar-refractivity contribution >= 4 is 6.03 Å². The molecule has 142 valence electrons. The quantitative estimate of drug-likeness (QED) is 0.878. The van der Waals surface area contributed by atoms with Gasteiger partial charge in [0.15, 0.2) is 0 Å². The van der Waals surface area contributed by atoms with Crippen LogP contribution in [0.25, 0.3) is 0 Å². The molecule has 4 rings (SSSR count). The molecule has 0 aromatic heterocycles. The second-order valence-electron chi connectivity index (χ2n) is 8.16. The summed E-state index contributed by atoms with van der Waals surface area (Å²) in [5.41, 5.74) is 1.01. The number of nitrogens with zero attached hydrogens (tertiary/aromatic N) is 1. The Morgan fingerprint density at radius 1 is 1.27 bits per heavy atom. The topological polar surface area (TPSA) is 50.8 Å². The highest BCUT2D eigenvalue weighted by atomic mass is 16.6. The first-order valence-electron chi connectivity index (χ1n) is 9.98. The number of hydrogen-bond acceptors (Lipinski definition) is 3. The van der Waals surface area contributed by atoms with Crippen LogP contribution in [0, 0.1) is 5.92 Å². The van der Waals surface area contributed by atoms with Gasteiger partial charge in [-0.05, 0) is 44.1 Å². The van der Waals surface area contributed by atoms with Crippen molar-refractivity contribution < 1.29 is 14.3 Å². The van der Waals surface area contributed by atoms with Gasteiger partial charge in [-0.15, -0.1) is 0 Å². The van der Waals surface area contributed by atoms with Crippen LogP contribution in [0.2, 0.25) is 0 Å². The van der Waals surface area contributed by atoms with Crippen LogP contribution in [0.4, 0.5) is 4.79 Å². The molecular formula is C21H30N2O3. The van der Waals surface area contributed by atoms with E-state index in [4.69, 9.17) is 9.47 Å². The minimum atomic E-state index is -0.178. The second kappa shape index (κ2) is 7.57. The Morgan fingerprint density at radius 3 is 2.77 bits per heavy atom. The summed E-state index contributed by atoms with van der Waals surface area (Å²) in [6.45, 7) is 4.98. The largest absolute Gasteiger partial charge is 0.378 e. The molecule has 1 aromatic carbocycles. The highest BCUT2D eigenvalue weighted by Crippen LogP contribution is 2.36. The highest BCUT2D eigenvalue weighted by Gasteiger charge is 2.42. The number of ether oxygens (including phenoxy) is 2. The predicted molar refractivity (Wildman–Crippen MR) is 99.8 cm³/mol. The molecule has 1 aromatic rings. The fourth-order valence-corrected chi connectivity index (χ4v) is 4.29. The van der Waals surface area contributed by atoms with Crippen molar-refractivity contribution in [1.82, 2.24) is 10.2 Å². The van der Waals surface area contributed by atoms with Gasteiger partial charge in [0.25, 0.3) is 0 Å². The summed E-state index contributed by atoms with van der Waals surface area (Å²) in [6.07, 6.45) is 5.14. The number of benzene rings is 1. The molecule has 2 saturated heterocycles. The Hall–Kier alpha value is -1.59. The fourth-order valence-electron chi connectivity index (χ4n) is 4.29. The predicted octanol–water partition coefficient (Wildman–Crippen LogP) is 3.33. The third-order valence-electron chi connectivity index (χ3n) is 6.14. The summed E-state index contributed by atoms with van der Waals surface area (Å²) in [5, 5.41) is 3.31. The Balaban J connectivity index is 1.42. The zero-order valence-corrected chi connectivity index (χ0v) is 15.7. The molecule has 0 radical (unpaired) electrons. The zero-order chi connectivity index (χ0) is 18.0. The molecule has 3 aliphatic rings. The van der Waals surface area contributed by atoms with Gasteiger partial charge >= 0.3 is 6.03 Å². The number of carbonyl (C=O) groups excluding carboxylic acids is 1. The van der Waals surface area contributed by atoms with Gasteiger partial charge < -0.3 is 19.7 Å². The van der Waals surface area contributed by atoms with E-state index in [2.05, 4.69) is 24.4 Å². The van der Waals surface area contributed by atoms with Crippen LogP contribution in [0.1, 0.15) is 44.6 Å². The maximum Gasteiger partial charge on any atom is 0.318 e. The van der Waals surface area contributed by atoms with E-state index >= 15 is 0 Å². The Morgan fingerprint density at radius 2 is 2.08 bits per heavy atom. The summed E-state index contributed by atoms with van der Waals surface area (Å²) in [4.78, 5) is 15.2. The molecule has 2 heterocycles. The van der Waals surface area contributed by atoms with Crippen LogP contribution in [0.5, 0.6) is 0 Å². The van der Waals surface area contributed by atoms with E-state index in [1.54, 1.807) is 0 Å². The average molecular weight is 358 g/mol. The van der Waals surface area contributed by atoms with Crippen molar-refractivity contribution in [2.75, 3.05) is 19.8 Å². The van der Waals surface area contributed by atoms with Gasteiger partial charge in [0, 0.05) is 38.3 Å². The smallest absolute Gasteiger partial charge is 0.318 e. The Bertz CT molecular complexity index is 611. The van der Waals surface area contributed by atoms with Gasteiger partial charge in [0.1, 0.15) is 0 Å². The Labute approximate surface area is 156 Å². The van der Waals surface area contributed by atoms with Crippen molar-refractivity contribution in [3.8, 4) is 0 Å². The minimum absolute atomic E-state index is 0.0641. The van der Waals surface area contributed by atoms with Crippen LogP contribution in [0.15, 0.2) is 30.3 Å². The van der Waals surface area contributed by atoms with Crippen LogP contribution in [0.3, 0.4) is 0 Å². The lowest BCUT2D eigenvalue weighted by atomic mass is 9.90. The van der Waals surface area contributed by atoms with Gasteiger partial charge in [0.05, 0.1) is 12.2 Å². The van der Waals surface area contributed by atoms with E-state index < -0.39 is 0 Å². The minimum Gasteiger partial charge on any atom is -0.378 e. The maximum atomic E-state index is 13.1. The van der Waals surface area contributed by atoms with E-state index in [-0.39, 0.29) is 23.7 Å². The standard InChI is InChI=1S/C21H30N2O3/c1-16(18-7-8-18)23(14-17-5-3-2-4-6-17)20(24)22-19-9-11-26-21(13-19)10-12-25-15-21/h2-6,16,18-19H,7-15H2,1H3,(H,22,24). The molecule has 2 amide bonds. The molecule has 2 aliphatic heterocycles. The van der Waals surface area contributed by atoms with E-state index in [1.165, 1.54) is 18.4 Å². The lowest BCUT2D eigenvalue weighted by Crippen LogP contribution is -2.53. The summed E-state index contributed by atoms with van der Waals surface area (Å²) in [5.74, 6) is 0.647. The third kappa shape index (κ3) is 4.04. The molecule has 26 heavy (non-hydrogen) atoms. The first-order valence-corrected chi connectivity index (χ1v) is 9.98. The van der Waals surface area contributed by atoms with E-state index in [9.17, 15) is 4.79 Å². The normalized spacial score (nSPS) is 29.5. The van der Waals surface area contributed by atoms with Crippen molar-refractivity contribution in [1.29, 1.82) is 0 Å². The van der Waals surface area contributed by atoms with Crippen LogP contribution in [-0.4, -0.2) is 48.4 Å². The second-order valence-corrected chi connectivity index (χ2v) is 8.16. The first-order chi connectivity index (χ1) is 12.7. The van der Waals surface area contributed by atoms with Crippen molar-refractivity contribution in [2.45, 2.75) is 63.3 Å². The summed E-state index contributed by atoms with van der Waals surface area (Å²) >= 11 is 0. The first kappa shape index (κ1) is 17.8. The summed E-state index contributed by atoms with van der Waals surface area (Å²) in [6, 6.07) is 10.8. The van der Waals surface area contributed by atoms with E-state index in [1.807, 2.05) is 23.1 Å². The maximum absolute atomic E-state index is 13.1. The molecule has 1 saturated carbocycles. The summed E-state index contributed by atoms with van der Waals surface area (Å²) in [7, 11) is 0. The molecule has 1 spiro atoms. The van der Waals surface area contributed by atoms with Crippen molar-refractivity contribution in [3.63, 3.8) is 0 Å². The SMILES string of the molecule is CC(C1CC1)N(Cc1ccccc1)C(=O)NC1CCOC2(CCOC2)C1. The number of nitrogens with one attached hydrogen (secondary N) is 1. The molecular weight excluding hydrogens is 328 g/mol. The van der Waals surface area contributed by atoms with Gasteiger partial charge in [-0.25, -0.2) is 4.79 Å². The average Bonchev–Trinajstić information content (AvgIpc) is 3.42. The van der Waals surface area contributed by atoms with E-state index in [0.717, 1.165) is 25.9 Å². The lowest BCUT2D eigenvalue weighted by Gasteiger charge is -2.39. The number of carbonyl (C=O) groups is 1. The van der Waals surface area contributed by atoms with Crippen molar-refractivity contribution in [3.05, 3.63) is 35.9 Å². The molecule has 5 nitrogen and oxygen atoms in total.